The van der Waals surface area contributed by atoms with E-state index in [1.807, 2.05) is 56.0 Å². The fraction of sp³-hybridized carbons (Fsp3) is 0.569. The van der Waals surface area contributed by atoms with Crippen LogP contribution >= 0.6 is 0 Å². The number of allylic oxidation sites excluding steroid dienone is 6. The van der Waals surface area contributed by atoms with Crippen molar-refractivity contribution in [2.45, 2.75) is 163 Å². The minimum atomic E-state index is -4.21. The van der Waals surface area contributed by atoms with Crippen molar-refractivity contribution in [3.63, 3.8) is 0 Å². The van der Waals surface area contributed by atoms with E-state index in [1.54, 1.807) is 6.07 Å². The number of anilines is 1. The van der Waals surface area contributed by atoms with Gasteiger partial charge in [0.1, 0.15) is 5.71 Å². The molecular formula is C51H72N5O6S+. The highest BCUT2D eigenvalue weighted by Gasteiger charge is 2.52. The molecule has 1 amide bonds. The number of fused-ring (bicyclic) bond motifs is 4. The van der Waals surface area contributed by atoms with E-state index in [1.165, 1.54) is 0 Å². The second-order valence-corrected chi connectivity index (χ2v) is 20.6. The summed E-state index contributed by atoms with van der Waals surface area (Å²) in [5.74, 6) is 0.119. The van der Waals surface area contributed by atoms with Crippen LogP contribution < -0.4 is 10.2 Å². The normalized spacial score (nSPS) is 17.8. The molecule has 0 fully saturated rings. The van der Waals surface area contributed by atoms with Crippen LogP contribution in [0.15, 0.2) is 53.2 Å². The van der Waals surface area contributed by atoms with Gasteiger partial charge in [-0.1, -0.05) is 99.3 Å². The quantitative estimate of drug-likeness (QED) is 0.0390. The van der Waals surface area contributed by atoms with E-state index in [2.05, 4.69) is 71.4 Å². The van der Waals surface area contributed by atoms with Gasteiger partial charge in [-0.3, -0.25) is 23.9 Å². The molecule has 1 aromatic heterocycles. The molecule has 11 nitrogen and oxygen atoms in total. The minimum Gasteiger partial charge on any atom is -0.349 e. The van der Waals surface area contributed by atoms with Gasteiger partial charge in [-0.25, -0.2) is 4.58 Å². The van der Waals surface area contributed by atoms with Gasteiger partial charge in [-0.15, -0.1) is 0 Å². The van der Waals surface area contributed by atoms with E-state index in [0.717, 1.165) is 90.4 Å². The van der Waals surface area contributed by atoms with Crippen LogP contribution in [0.4, 0.5) is 17.2 Å². The number of unbranched alkanes of at least 4 members (excludes halogenated alkanes) is 4. The molecule has 12 heteroatoms. The maximum atomic E-state index is 14.0. The van der Waals surface area contributed by atoms with Crippen LogP contribution in [0.25, 0.3) is 0 Å². The van der Waals surface area contributed by atoms with E-state index >= 15 is 0 Å². The Labute approximate surface area is 377 Å². The molecule has 1 aromatic carbocycles. The number of pyridine rings is 1. The molecule has 0 saturated carbocycles. The van der Waals surface area contributed by atoms with Crippen molar-refractivity contribution in [2.75, 3.05) is 30.3 Å². The van der Waals surface area contributed by atoms with Crippen LogP contribution in [0.3, 0.4) is 0 Å². The first-order chi connectivity index (χ1) is 29.7. The second-order valence-electron chi connectivity index (χ2n) is 19.0. The summed E-state index contributed by atoms with van der Waals surface area (Å²) >= 11 is 0. The summed E-state index contributed by atoms with van der Waals surface area (Å²) in [6.45, 7) is 24.6. The van der Waals surface area contributed by atoms with Crippen LogP contribution in [0.2, 0.25) is 0 Å². The smallest absolute Gasteiger partial charge is 0.330 e. The average Bonchev–Trinajstić information content (AvgIpc) is 3.68. The number of benzene rings is 1. The Morgan fingerprint density at radius 2 is 1.48 bits per heavy atom. The highest BCUT2D eigenvalue weighted by atomic mass is 32.2. The maximum absolute atomic E-state index is 14.0. The average molecular weight is 883 g/mol. The lowest BCUT2D eigenvalue weighted by Crippen LogP contribution is -2.32. The Kier molecular flexibility index (Phi) is 15.8. The molecule has 0 radical (unpaired) electrons. The molecule has 0 spiro atoms. The molecule has 0 unspecified atom stereocenters. The Balaban J connectivity index is 1.58. The van der Waals surface area contributed by atoms with Gasteiger partial charge in [0.2, 0.25) is 5.69 Å². The standard InChI is InChI=1S/C51H71N5O6S/c1-12-16-18-22-28-52-48(59)46-43-45(53-34(5)49(43,6)7)44-47(54-46)56(29-17-13-2)41(51(44,10)11)27-21-19-20-26-40-50(8,9)42-36(39(58)25-15-4)32-35(38(57)24-14-3)33-37(42)55(40)30-23-31-63(60,61)62/h19-21,26-27,32-33H,12-18,22-25,28-31H2,1-11H3,(H-,52,59,60,61,62)/p+1. The summed E-state index contributed by atoms with van der Waals surface area (Å²) in [5.41, 5.74) is 6.95. The molecule has 2 N–H and O–H groups in total. The number of aliphatic imine (C=N–C) groups is 1. The van der Waals surface area contributed by atoms with Gasteiger partial charge in [-0.2, -0.15) is 8.42 Å². The first kappa shape index (κ1) is 49.5. The fourth-order valence-electron chi connectivity index (χ4n) is 9.45. The minimum absolute atomic E-state index is 0.0323. The summed E-state index contributed by atoms with van der Waals surface area (Å²) in [7, 11) is -4.21. The molecule has 63 heavy (non-hydrogen) atoms. The molecule has 0 aliphatic carbocycles. The van der Waals surface area contributed by atoms with Gasteiger partial charge in [0.15, 0.2) is 11.6 Å². The summed E-state index contributed by atoms with van der Waals surface area (Å²) in [4.78, 5) is 53.5. The summed E-state index contributed by atoms with van der Waals surface area (Å²) in [5, 5.41) is 3.17. The van der Waals surface area contributed by atoms with Crippen molar-refractivity contribution in [3.8, 4) is 0 Å². The lowest BCUT2D eigenvalue weighted by molar-refractivity contribution is -0.442. The number of amides is 1. The molecule has 0 saturated heterocycles. The largest absolute Gasteiger partial charge is 0.349 e. The summed E-state index contributed by atoms with van der Waals surface area (Å²) in [6, 6.07) is 3.59. The summed E-state index contributed by atoms with van der Waals surface area (Å²) < 4.78 is 35.6. The predicted molar refractivity (Wildman–Crippen MR) is 257 cm³/mol. The molecule has 342 valence electrons. The number of Topliss-reactive ketones (excluding diaryl/α,β-unsaturated/α-hetero) is 2. The number of nitrogens with one attached hydrogen (secondary N) is 1. The molecule has 0 bridgehead atoms. The second kappa shape index (κ2) is 20.1. The van der Waals surface area contributed by atoms with Crippen LogP contribution in [-0.4, -0.2) is 76.8 Å². The number of ketones is 2. The van der Waals surface area contributed by atoms with Gasteiger partial charge < -0.3 is 10.2 Å². The van der Waals surface area contributed by atoms with Gasteiger partial charge in [0.05, 0.1) is 29.0 Å². The van der Waals surface area contributed by atoms with Crippen molar-refractivity contribution in [1.29, 1.82) is 0 Å². The van der Waals surface area contributed by atoms with Gasteiger partial charge >= 0.3 is 5.82 Å². The van der Waals surface area contributed by atoms with E-state index in [4.69, 9.17) is 9.98 Å². The highest BCUT2D eigenvalue weighted by molar-refractivity contribution is 7.85. The molecular weight excluding hydrogens is 811 g/mol. The molecule has 3 aliphatic rings. The van der Waals surface area contributed by atoms with E-state index in [-0.39, 0.29) is 30.4 Å². The third kappa shape index (κ3) is 10.2. The molecule has 2 aromatic rings. The Bertz CT molecular complexity index is 2380. The van der Waals surface area contributed by atoms with Crippen LogP contribution in [0.5, 0.6) is 0 Å². The van der Waals surface area contributed by atoms with Crippen molar-refractivity contribution in [2.24, 2.45) is 4.99 Å². The highest BCUT2D eigenvalue weighted by Crippen LogP contribution is 2.53. The first-order valence-corrected chi connectivity index (χ1v) is 24.9. The maximum Gasteiger partial charge on any atom is 0.330 e. The Morgan fingerprint density at radius 1 is 0.794 bits per heavy atom. The zero-order valence-corrected chi connectivity index (χ0v) is 40.7. The molecule has 0 atom stereocenters. The first-order valence-electron chi connectivity index (χ1n) is 23.3. The number of carbonyl (C=O) groups is 3. The van der Waals surface area contributed by atoms with E-state index in [0.29, 0.717) is 54.7 Å². The lowest BCUT2D eigenvalue weighted by atomic mass is 9.76. The van der Waals surface area contributed by atoms with E-state index in [9.17, 15) is 27.4 Å². The number of rotatable bonds is 22. The zero-order valence-electron chi connectivity index (χ0n) is 39.8. The molecule has 5 rings (SSSR count). The van der Waals surface area contributed by atoms with Gasteiger partial charge in [-0.05, 0) is 87.7 Å². The van der Waals surface area contributed by atoms with Crippen molar-refractivity contribution in [1.82, 2.24) is 10.3 Å². The topological polar surface area (TPSA) is 149 Å². The predicted octanol–water partition coefficient (Wildman–Crippen LogP) is 11.0. The van der Waals surface area contributed by atoms with Crippen molar-refractivity contribution >= 4 is 56.2 Å². The third-order valence-corrected chi connectivity index (χ3v) is 13.9. The zero-order chi connectivity index (χ0) is 46.5. The van der Waals surface area contributed by atoms with Gasteiger partial charge in [0, 0.05) is 70.5 Å². The lowest BCUT2D eigenvalue weighted by Gasteiger charge is -2.27. The number of carbonyl (C=O) groups excluding carboxylic acids is 3. The SMILES string of the molecule is CCCCCCNC(=O)c1nc2c(c3c1C(C)(C)C(C)=N3)C(C)(C)C(C=CC=CC=C1N(CCCS(=O)(=O)O)c3cc(C(=O)CCC)cc(C(=O)CCC)c3C1(C)C)=[N+]2CCCC. The monoisotopic (exact) mass is 883 g/mol. The van der Waals surface area contributed by atoms with Gasteiger partial charge in [0.25, 0.3) is 16.0 Å². The van der Waals surface area contributed by atoms with Crippen LogP contribution in [0, 0.1) is 0 Å². The number of hydrogen-bond donors (Lipinski definition) is 2. The summed E-state index contributed by atoms with van der Waals surface area (Å²) in [6.07, 6.45) is 18.4. The molecule has 4 heterocycles. The Hall–Kier alpha value is -4.55. The molecule has 3 aliphatic heterocycles. The number of aromatic nitrogens is 1. The van der Waals surface area contributed by atoms with Crippen molar-refractivity contribution in [3.05, 3.63) is 81.7 Å². The Morgan fingerprint density at radius 3 is 2.13 bits per heavy atom. The van der Waals surface area contributed by atoms with Crippen molar-refractivity contribution < 1.29 is 31.9 Å². The fourth-order valence-corrected chi connectivity index (χ4v) is 9.95. The third-order valence-electron chi connectivity index (χ3n) is 13.1. The van der Waals surface area contributed by atoms with Crippen LogP contribution in [0.1, 0.15) is 195 Å². The van der Waals surface area contributed by atoms with E-state index < -0.39 is 32.1 Å². The number of nitrogens with zero attached hydrogens (tertiary/aromatic N) is 4. The van der Waals surface area contributed by atoms with Crippen LogP contribution in [-0.2, 0) is 26.4 Å². The number of hydrogen-bond acceptors (Lipinski definition) is 8.